The predicted octanol–water partition coefficient (Wildman–Crippen LogP) is 4.70. The fourth-order valence-corrected chi connectivity index (χ4v) is 5.32. The van der Waals surface area contributed by atoms with Gasteiger partial charge in [0.05, 0.1) is 19.3 Å². The molecule has 0 bridgehead atoms. The van der Waals surface area contributed by atoms with Crippen LogP contribution in [0, 0.1) is 5.92 Å². The zero-order valence-corrected chi connectivity index (χ0v) is 21.9. The second-order valence-corrected chi connectivity index (χ2v) is 12.4. The topological polar surface area (TPSA) is 118 Å². The summed E-state index contributed by atoms with van der Waals surface area (Å²) in [5.41, 5.74) is 0. The van der Waals surface area contributed by atoms with Crippen LogP contribution < -0.4 is 0 Å². The Labute approximate surface area is 219 Å². The zero-order valence-electron chi connectivity index (χ0n) is 20.9. The first-order valence-corrected chi connectivity index (χ1v) is 14.7. The number of ether oxygens (including phenoxy) is 3. The van der Waals surface area contributed by atoms with Crippen molar-refractivity contribution in [2.75, 3.05) is 27.4 Å². The summed E-state index contributed by atoms with van der Waals surface area (Å²) in [6, 6.07) is 0.873. The summed E-state index contributed by atoms with van der Waals surface area (Å²) in [6.45, 7) is 5.83. The van der Waals surface area contributed by atoms with Crippen molar-refractivity contribution >= 4 is 26.5 Å². The number of unbranched alkanes of at least 4 members (excludes halogenated alkanes) is 2. The van der Waals surface area contributed by atoms with Crippen LogP contribution in [0.25, 0.3) is 0 Å². The summed E-state index contributed by atoms with van der Waals surface area (Å²) in [7, 11) is 1.25. The normalized spacial score (nSPS) is 19.3. The Balaban J connectivity index is 0. The van der Waals surface area contributed by atoms with Gasteiger partial charge in [0.2, 0.25) is 0 Å². The van der Waals surface area contributed by atoms with Gasteiger partial charge >= 0.3 is 26.5 Å². The summed E-state index contributed by atoms with van der Waals surface area (Å²) in [6.07, 6.45) is 5.84. The minimum Gasteiger partial charge on any atom is -0.466 e. The van der Waals surface area contributed by atoms with Gasteiger partial charge in [-0.05, 0) is 69.9 Å². The van der Waals surface area contributed by atoms with E-state index < -0.39 is 26.7 Å². The van der Waals surface area contributed by atoms with Crippen LogP contribution in [0.2, 0.25) is 12.6 Å². The molecule has 1 fully saturated rings. The van der Waals surface area contributed by atoms with Crippen molar-refractivity contribution in [2.24, 2.45) is 5.92 Å². The van der Waals surface area contributed by atoms with Crippen LogP contribution in [0.4, 0.5) is 0 Å². The molecule has 0 aromatic rings. The lowest BCUT2D eigenvalue weighted by Crippen LogP contribution is -2.39. The molecular formula is C26H50O9Si. The van der Waals surface area contributed by atoms with Gasteiger partial charge in [-0.25, -0.2) is 4.79 Å². The van der Waals surface area contributed by atoms with Gasteiger partial charge in [-0.2, -0.15) is 0 Å². The molecule has 1 N–H and O–H groups in total. The molecule has 36 heavy (non-hydrogen) atoms. The van der Waals surface area contributed by atoms with E-state index in [9.17, 15) is 19.5 Å². The van der Waals surface area contributed by atoms with Crippen LogP contribution in [-0.4, -0.2) is 71.2 Å². The van der Waals surface area contributed by atoms with Gasteiger partial charge in [0.25, 0.3) is 0 Å². The lowest BCUT2D eigenvalue weighted by Gasteiger charge is -2.34. The molecule has 3 atom stereocenters. The largest absolute Gasteiger partial charge is 0.466 e. The van der Waals surface area contributed by atoms with Crippen molar-refractivity contribution in [1.29, 1.82) is 0 Å². The van der Waals surface area contributed by atoms with E-state index in [0.29, 0.717) is 44.4 Å². The minimum atomic E-state index is -2.11. The molecule has 0 aliphatic heterocycles. The minimum absolute atomic E-state index is 0. The van der Waals surface area contributed by atoms with E-state index in [4.69, 9.17) is 23.1 Å². The smallest absolute Gasteiger partial charge is 0.334 e. The standard InChI is InChI=1S/C24H42O9Si.2CH4/c1-5-22(26)31-15-8-6-10-23(27)32-16-9-7-11-24(28)33-21-13-12-19(18-20(21)25)14-17-34(4,29-2)30-3;;/h5,19-21,25H,1,6-18H2,2-4H3;2*1H4. The van der Waals surface area contributed by atoms with Crippen molar-refractivity contribution in [3.63, 3.8) is 0 Å². The quantitative estimate of drug-likeness (QED) is 0.0931. The summed E-state index contributed by atoms with van der Waals surface area (Å²) >= 11 is 0. The third-order valence-corrected chi connectivity index (χ3v) is 9.17. The highest BCUT2D eigenvalue weighted by molar-refractivity contribution is 6.65. The van der Waals surface area contributed by atoms with Crippen molar-refractivity contribution in [3.8, 4) is 0 Å². The summed E-state index contributed by atoms with van der Waals surface area (Å²) in [5.74, 6) is -0.741. The highest BCUT2D eigenvalue weighted by Gasteiger charge is 2.35. The number of carbonyl (C=O) groups excluding carboxylic acids is 3. The van der Waals surface area contributed by atoms with E-state index in [-0.39, 0.29) is 52.8 Å². The highest BCUT2D eigenvalue weighted by atomic mass is 28.4. The first kappa shape index (κ1) is 36.4. The first-order chi connectivity index (χ1) is 16.2. The number of hydrogen-bond donors (Lipinski definition) is 1. The van der Waals surface area contributed by atoms with E-state index in [2.05, 4.69) is 6.58 Å². The van der Waals surface area contributed by atoms with Crippen LogP contribution in [0.1, 0.15) is 79.1 Å². The Kier molecular flexibility index (Phi) is 20.5. The summed E-state index contributed by atoms with van der Waals surface area (Å²) < 4.78 is 26.5. The maximum atomic E-state index is 12.1. The zero-order chi connectivity index (χ0) is 25.4. The number of carbonyl (C=O) groups is 3. The number of aliphatic hydroxyl groups is 1. The van der Waals surface area contributed by atoms with Crippen LogP contribution in [0.15, 0.2) is 12.7 Å². The van der Waals surface area contributed by atoms with Gasteiger partial charge in [-0.15, -0.1) is 0 Å². The van der Waals surface area contributed by atoms with Crippen LogP contribution >= 0.6 is 0 Å². The lowest BCUT2D eigenvalue weighted by molar-refractivity contribution is -0.159. The molecule has 212 valence electrons. The van der Waals surface area contributed by atoms with Crippen LogP contribution in [0.3, 0.4) is 0 Å². The molecule has 10 heteroatoms. The monoisotopic (exact) mass is 534 g/mol. The van der Waals surface area contributed by atoms with Crippen molar-refractivity contribution in [3.05, 3.63) is 12.7 Å². The Morgan fingerprint density at radius 1 is 0.944 bits per heavy atom. The van der Waals surface area contributed by atoms with E-state index in [1.807, 2.05) is 6.55 Å². The maximum absolute atomic E-state index is 12.1. The molecule has 3 unspecified atom stereocenters. The van der Waals surface area contributed by atoms with Gasteiger partial charge in [0.15, 0.2) is 0 Å². The van der Waals surface area contributed by atoms with Crippen LogP contribution in [0.5, 0.6) is 0 Å². The van der Waals surface area contributed by atoms with Gasteiger partial charge in [0.1, 0.15) is 6.10 Å². The average molecular weight is 535 g/mol. The van der Waals surface area contributed by atoms with Crippen molar-refractivity contribution < 1.29 is 42.6 Å². The van der Waals surface area contributed by atoms with E-state index in [0.717, 1.165) is 25.0 Å². The molecule has 1 aliphatic rings. The Hall–Kier alpha value is -1.75. The van der Waals surface area contributed by atoms with Gasteiger partial charge in [0, 0.05) is 33.1 Å². The molecule has 9 nitrogen and oxygen atoms in total. The summed E-state index contributed by atoms with van der Waals surface area (Å²) in [5, 5.41) is 10.4. The van der Waals surface area contributed by atoms with Crippen LogP contribution in [-0.2, 0) is 37.4 Å². The number of esters is 3. The molecule has 0 aromatic heterocycles. The number of aliphatic hydroxyl groups excluding tert-OH is 1. The van der Waals surface area contributed by atoms with Crippen molar-refractivity contribution in [1.82, 2.24) is 0 Å². The molecule has 0 heterocycles. The van der Waals surface area contributed by atoms with Gasteiger partial charge in [-0.1, -0.05) is 21.4 Å². The summed E-state index contributed by atoms with van der Waals surface area (Å²) in [4.78, 5) is 34.7. The third-order valence-electron chi connectivity index (χ3n) is 6.24. The lowest BCUT2D eigenvalue weighted by atomic mass is 9.84. The molecule has 0 amide bonds. The second-order valence-electron chi connectivity index (χ2n) is 8.86. The fraction of sp³-hybridized carbons (Fsp3) is 0.808. The average Bonchev–Trinajstić information content (AvgIpc) is 2.83. The highest BCUT2D eigenvalue weighted by Crippen LogP contribution is 2.32. The molecule has 0 saturated heterocycles. The predicted molar refractivity (Wildman–Crippen MR) is 142 cm³/mol. The van der Waals surface area contributed by atoms with E-state index in [1.165, 1.54) is 0 Å². The number of rotatable bonds is 17. The molecule has 1 rings (SSSR count). The molecule has 0 radical (unpaired) electrons. The van der Waals surface area contributed by atoms with Crippen molar-refractivity contribution in [2.45, 2.75) is 104 Å². The Morgan fingerprint density at radius 3 is 2.08 bits per heavy atom. The SMILES string of the molecule is C.C.C=CC(=O)OCCCCC(=O)OCCCCC(=O)OC1CCC(CC[Si](C)(OC)OC)CC1O. The molecule has 0 spiro atoms. The fourth-order valence-electron chi connectivity index (χ4n) is 3.82. The Morgan fingerprint density at radius 2 is 1.53 bits per heavy atom. The Bertz CT molecular complexity index is 637. The molecule has 0 aromatic carbocycles. The third kappa shape index (κ3) is 15.4. The van der Waals surface area contributed by atoms with E-state index in [1.54, 1.807) is 14.2 Å². The first-order valence-electron chi connectivity index (χ1n) is 12.2. The molecule has 1 saturated carbocycles. The molecular weight excluding hydrogens is 484 g/mol. The molecule has 1 aliphatic carbocycles. The van der Waals surface area contributed by atoms with Gasteiger partial charge < -0.3 is 28.2 Å². The van der Waals surface area contributed by atoms with Gasteiger partial charge in [-0.3, -0.25) is 9.59 Å². The second kappa shape index (κ2) is 20.3. The maximum Gasteiger partial charge on any atom is 0.334 e. The number of hydrogen-bond acceptors (Lipinski definition) is 9. The van der Waals surface area contributed by atoms with E-state index >= 15 is 0 Å².